The molecule has 9 heteroatoms. The molecule has 0 unspecified atom stereocenters. The summed E-state index contributed by atoms with van der Waals surface area (Å²) >= 11 is 0. The number of methoxy groups -OCH3 is 1. The van der Waals surface area contributed by atoms with Crippen molar-refractivity contribution in [2.45, 2.75) is 25.0 Å². The average molecular weight is 449 g/mol. The third-order valence-corrected chi connectivity index (χ3v) is 5.68. The van der Waals surface area contributed by atoms with Gasteiger partial charge in [0.15, 0.2) is 5.96 Å². The van der Waals surface area contributed by atoms with E-state index in [0.717, 1.165) is 11.1 Å². The average Bonchev–Trinajstić information content (AvgIpc) is 2.78. The van der Waals surface area contributed by atoms with Gasteiger partial charge in [0.05, 0.1) is 31.3 Å². The molecule has 0 saturated heterocycles. The van der Waals surface area contributed by atoms with Crippen LogP contribution in [0.2, 0.25) is 0 Å². The molecule has 0 saturated carbocycles. The molecular weight excluding hydrogens is 416 g/mol. The van der Waals surface area contributed by atoms with Crippen molar-refractivity contribution < 1.29 is 17.9 Å². The number of sulfonamides is 1. The van der Waals surface area contributed by atoms with Crippen LogP contribution < -0.4 is 15.4 Å². The summed E-state index contributed by atoms with van der Waals surface area (Å²) in [5.41, 5.74) is 1.93. The maximum atomic E-state index is 12.4. The second-order valence-electron chi connectivity index (χ2n) is 6.70. The minimum atomic E-state index is -3.57. The van der Waals surface area contributed by atoms with E-state index in [4.69, 9.17) is 9.47 Å². The lowest BCUT2D eigenvalue weighted by Gasteiger charge is -2.12. The highest BCUT2D eigenvalue weighted by atomic mass is 32.2. The normalized spacial score (nSPS) is 12.0. The third kappa shape index (κ3) is 9.48. The van der Waals surface area contributed by atoms with Crippen molar-refractivity contribution in [2.24, 2.45) is 4.99 Å². The zero-order valence-corrected chi connectivity index (χ0v) is 19.0. The van der Waals surface area contributed by atoms with Crippen LogP contribution in [0.1, 0.15) is 18.1 Å². The van der Waals surface area contributed by atoms with E-state index in [9.17, 15) is 8.42 Å². The van der Waals surface area contributed by atoms with Crippen molar-refractivity contribution >= 4 is 16.0 Å². The molecule has 31 heavy (non-hydrogen) atoms. The van der Waals surface area contributed by atoms with Gasteiger partial charge in [-0.15, -0.1) is 0 Å². The molecule has 0 fully saturated rings. The highest BCUT2D eigenvalue weighted by Gasteiger charge is 2.13. The summed E-state index contributed by atoms with van der Waals surface area (Å²) in [5.74, 6) is 0.650. The van der Waals surface area contributed by atoms with Crippen LogP contribution in [0.4, 0.5) is 0 Å². The SMILES string of the molecule is CCNC(=NCc1cccc(S(=O)(=O)NCCOC)c1)NCCOCc1ccccc1. The van der Waals surface area contributed by atoms with Crippen molar-refractivity contribution in [1.29, 1.82) is 0 Å². The summed E-state index contributed by atoms with van der Waals surface area (Å²) in [6.45, 7) is 5.31. The minimum absolute atomic E-state index is 0.212. The van der Waals surface area contributed by atoms with Gasteiger partial charge in [0.25, 0.3) is 0 Å². The Kier molecular flexibility index (Phi) is 11.0. The molecule has 0 bridgehead atoms. The van der Waals surface area contributed by atoms with Crippen LogP contribution in [0.3, 0.4) is 0 Å². The van der Waals surface area contributed by atoms with Gasteiger partial charge in [-0.05, 0) is 30.2 Å². The Morgan fingerprint density at radius 3 is 2.48 bits per heavy atom. The van der Waals surface area contributed by atoms with E-state index in [1.165, 1.54) is 7.11 Å². The monoisotopic (exact) mass is 448 g/mol. The number of nitrogens with one attached hydrogen (secondary N) is 3. The predicted octanol–water partition coefficient (Wildman–Crippen LogP) is 1.88. The van der Waals surface area contributed by atoms with Crippen molar-refractivity contribution in [3.8, 4) is 0 Å². The largest absolute Gasteiger partial charge is 0.383 e. The van der Waals surface area contributed by atoms with E-state index in [0.29, 0.717) is 45.4 Å². The van der Waals surface area contributed by atoms with Crippen molar-refractivity contribution in [2.75, 3.05) is 40.0 Å². The van der Waals surface area contributed by atoms with Gasteiger partial charge >= 0.3 is 0 Å². The van der Waals surface area contributed by atoms with E-state index in [2.05, 4.69) is 20.3 Å². The summed E-state index contributed by atoms with van der Waals surface area (Å²) < 4.78 is 37.8. The number of hydrogen-bond acceptors (Lipinski definition) is 5. The molecule has 0 amide bonds. The van der Waals surface area contributed by atoms with Crippen LogP contribution >= 0.6 is 0 Å². The molecule has 2 rings (SSSR count). The van der Waals surface area contributed by atoms with Crippen LogP contribution in [-0.2, 0) is 32.6 Å². The third-order valence-electron chi connectivity index (χ3n) is 4.22. The van der Waals surface area contributed by atoms with E-state index < -0.39 is 10.0 Å². The van der Waals surface area contributed by atoms with Crippen LogP contribution in [-0.4, -0.2) is 54.3 Å². The number of guanidine groups is 1. The van der Waals surface area contributed by atoms with E-state index in [-0.39, 0.29) is 11.4 Å². The molecule has 0 spiro atoms. The molecule has 2 aromatic rings. The first kappa shape index (κ1) is 24.8. The Hall–Kier alpha value is -2.46. The molecule has 0 heterocycles. The van der Waals surface area contributed by atoms with Gasteiger partial charge in [-0.1, -0.05) is 42.5 Å². The maximum Gasteiger partial charge on any atom is 0.240 e. The molecule has 8 nitrogen and oxygen atoms in total. The van der Waals surface area contributed by atoms with Crippen LogP contribution in [0.25, 0.3) is 0 Å². The molecule has 0 aromatic heterocycles. The number of benzene rings is 2. The minimum Gasteiger partial charge on any atom is -0.383 e. The van der Waals surface area contributed by atoms with Gasteiger partial charge in [-0.2, -0.15) is 0 Å². The van der Waals surface area contributed by atoms with Gasteiger partial charge in [0.2, 0.25) is 10.0 Å². The molecule has 0 aliphatic rings. The summed E-state index contributed by atoms with van der Waals surface area (Å²) in [7, 11) is -2.05. The fourth-order valence-corrected chi connectivity index (χ4v) is 3.77. The van der Waals surface area contributed by atoms with Gasteiger partial charge in [-0.25, -0.2) is 18.1 Å². The smallest absolute Gasteiger partial charge is 0.240 e. The Morgan fingerprint density at radius 1 is 0.968 bits per heavy atom. The number of ether oxygens (including phenoxy) is 2. The summed E-state index contributed by atoms with van der Waals surface area (Å²) in [6.07, 6.45) is 0. The van der Waals surface area contributed by atoms with Crippen molar-refractivity contribution in [3.05, 3.63) is 65.7 Å². The lowest BCUT2D eigenvalue weighted by atomic mass is 10.2. The van der Waals surface area contributed by atoms with E-state index in [1.54, 1.807) is 18.2 Å². The maximum absolute atomic E-state index is 12.4. The Bertz CT molecular complexity index is 905. The summed E-state index contributed by atoms with van der Waals surface area (Å²) in [5, 5.41) is 6.41. The Labute approximate surface area is 185 Å². The van der Waals surface area contributed by atoms with E-state index in [1.807, 2.05) is 43.3 Å². The zero-order valence-electron chi connectivity index (χ0n) is 18.1. The Morgan fingerprint density at radius 2 is 1.74 bits per heavy atom. The number of hydrogen-bond donors (Lipinski definition) is 3. The fourth-order valence-electron chi connectivity index (χ4n) is 2.69. The first-order valence-electron chi connectivity index (χ1n) is 10.3. The standard InChI is InChI=1S/C22H32N4O4S/c1-3-23-22(24-12-15-30-18-19-8-5-4-6-9-19)25-17-20-10-7-11-21(16-20)31(27,28)26-13-14-29-2/h4-11,16,26H,3,12-15,17-18H2,1-2H3,(H2,23,24,25). The summed E-state index contributed by atoms with van der Waals surface area (Å²) in [6, 6.07) is 16.8. The van der Waals surface area contributed by atoms with Crippen LogP contribution in [0, 0.1) is 0 Å². The molecule has 0 aliphatic heterocycles. The molecule has 3 N–H and O–H groups in total. The molecule has 0 aliphatic carbocycles. The zero-order chi connectivity index (χ0) is 22.4. The molecule has 2 aromatic carbocycles. The van der Waals surface area contributed by atoms with Crippen molar-refractivity contribution in [3.63, 3.8) is 0 Å². The van der Waals surface area contributed by atoms with Crippen LogP contribution in [0.5, 0.6) is 0 Å². The lowest BCUT2D eigenvalue weighted by Crippen LogP contribution is -2.39. The number of nitrogens with zero attached hydrogens (tertiary/aromatic N) is 1. The second kappa shape index (κ2) is 13.8. The second-order valence-corrected chi connectivity index (χ2v) is 8.47. The van der Waals surface area contributed by atoms with Gasteiger partial charge < -0.3 is 20.1 Å². The van der Waals surface area contributed by atoms with Gasteiger partial charge in [0, 0.05) is 26.7 Å². The topological polar surface area (TPSA) is 101 Å². The van der Waals surface area contributed by atoms with Crippen molar-refractivity contribution in [1.82, 2.24) is 15.4 Å². The lowest BCUT2D eigenvalue weighted by molar-refractivity contribution is 0.125. The highest BCUT2D eigenvalue weighted by molar-refractivity contribution is 7.89. The highest BCUT2D eigenvalue weighted by Crippen LogP contribution is 2.12. The first-order chi connectivity index (χ1) is 15.0. The quantitative estimate of drug-likeness (QED) is 0.246. The first-order valence-corrected chi connectivity index (χ1v) is 11.7. The number of rotatable bonds is 13. The molecule has 0 atom stereocenters. The van der Waals surface area contributed by atoms with E-state index >= 15 is 0 Å². The van der Waals surface area contributed by atoms with Gasteiger partial charge in [0.1, 0.15) is 0 Å². The molecular formula is C22H32N4O4S. The number of aliphatic imine (C=N–C) groups is 1. The predicted molar refractivity (Wildman–Crippen MR) is 122 cm³/mol. The van der Waals surface area contributed by atoms with Gasteiger partial charge in [-0.3, -0.25) is 0 Å². The molecule has 0 radical (unpaired) electrons. The Balaban J connectivity index is 1.86. The molecule has 170 valence electrons. The van der Waals surface area contributed by atoms with Crippen LogP contribution in [0.15, 0.2) is 64.5 Å². The summed E-state index contributed by atoms with van der Waals surface area (Å²) in [4.78, 5) is 4.75. The fraction of sp³-hybridized carbons (Fsp3) is 0.409.